The molecule has 0 unspecified atom stereocenters. The number of fused-ring (bicyclic) bond motifs is 1. The molecule has 0 saturated heterocycles. The minimum atomic E-state index is -0.821. The third-order valence-electron chi connectivity index (χ3n) is 2.64. The van der Waals surface area contributed by atoms with E-state index in [4.69, 9.17) is 0 Å². The lowest BCUT2D eigenvalue weighted by Crippen LogP contribution is -2.04. The van der Waals surface area contributed by atoms with E-state index in [-0.39, 0.29) is 11.7 Å². The van der Waals surface area contributed by atoms with Crippen LogP contribution in [0.3, 0.4) is 0 Å². The smallest absolute Gasteiger partial charge is 0.262 e. The highest BCUT2D eigenvalue weighted by molar-refractivity contribution is 6.05. The highest BCUT2D eigenvalue weighted by atomic mass is 16.3. The number of nitrogens with zero attached hydrogens (tertiary/aromatic N) is 3. The molecule has 88 valence electrons. The summed E-state index contributed by atoms with van der Waals surface area (Å²) in [5.41, 5.74) is 2.06. The normalized spacial score (nSPS) is 11.1. The molecule has 0 aliphatic rings. The summed E-state index contributed by atoms with van der Waals surface area (Å²) in [4.78, 5) is 21.7. The zero-order chi connectivity index (χ0) is 12.6. The second kappa shape index (κ2) is 4.08. The quantitative estimate of drug-likeness (QED) is 0.746. The van der Waals surface area contributed by atoms with Crippen molar-refractivity contribution in [2.75, 3.05) is 0 Å². The van der Waals surface area contributed by atoms with E-state index in [9.17, 15) is 9.70 Å². The lowest BCUT2D eigenvalue weighted by Gasteiger charge is -2.06. The van der Waals surface area contributed by atoms with Gasteiger partial charge in [-0.05, 0) is 32.4 Å². The molecule has 2 aromatic rings. The highest BCUT2D eigenvalue weighted by Gasteiger charge is 2.18. The van der Waals surface area contributed by atoms with Crippen LogP contribution < -0.4 is 0 Å². The van der Waals surface area contributed by atoms with Crippen LogP contribution in [-0.2, 0) is 0 Å². The summed E-state index contributed by atoms with van der Waals surface area (Å²) in [5, 5.41) is 7.29. The number of benzene rings is 1. The second-order valence-electron chi connectivity index (χ2n) is 4.30. The molecule has 5 nitrogen and oxygen atoms in total. The van der Waals surface area contributed by atoms with Gasteiger partial charge in [-0.15, -0.1) is 4.91 Å². The summed E-state index contributed by atoms with van der Waals surface area (Å²) >= 11 is 0. The molecule has 1 amide bonds. The molecule has 5 heteroatoms. The molecule has 0 saturated carbocycles. The summed E-state index contributed by atoms with van der Waals surface area (Å²) in [6, 6.07) is 5.75. The maximum absolute atomic E-state index is 11.4. The molecule has 1 heterocycles. The largest absolute Gasteiger partial charge is 0.337 e. The molecular weight excluding hydrogens is 218 g/mol. The molecule has 0 radical (unpaired) electrons. The number of carbonyl (C=O) groups is 1. The number of carbonyl (C=O) groups excluding carboxylic acids is 1. The Hall–Kier alpha value is -2.04. The van der Waals surface area contributed by atoms with Crippen molar-refractivity contribution in [3.8, 4) is 0 Å². The molecule has 0 bridgehead atoms. The third kappa shape index (κ3) is 1.84. The molecular formula is C12H13N3O2. The summed E-state index contributed by atoms with van der Waals surface area (Å²) in [6.45, 7) is 5.91. The fourth-order valence-corrected chi connectivity index (χ4v) is 1.84. The number of hydrogen-bond donors (Lipinski definition) is 0. The molecule has 17 heavy (non-hydrogen) atoms. The van der Waals surface area contributed by atoms with Gasteiger partial charge < -0.3 is 0 Å². The van der Waals surface area contributed by atoms with Crippen LogP contribution in [0.25, 0.3) is 10.9 Å². The number of amides is 1. The Morgan fingerprint density at radius 2 is 2.12 bits per heavy atom. The summed E-state index contributed by atoms with van der Waals surface area (Å²) < 4.78 is 1.74. The summed E-state index contributed by atoms with van der Waals surface area (Å²) in [6.07, 6.45) is 0. The molecule has 1 aromatic carbocycles. The Morgan fingerprint density at radius 1 is 1.41 bits per heavy atom. The zero-order valence-electron chi connectivity index (χ0n) is 9.97. The zero-order valence-corrected chi connectivity index (χ0v) is 9.97. The molecule has 1 aromatic heterocycles. The van der Waals surface area contributed by atoms with Gasteiger partial charge in [-0.2, -0.15) is 5.10 Å². The molecule has 0 aliphatic heterocycles. The van der Waals surface area contributed by atoms with Crippen LogP contribution in [-0.4, -0.2) is 15.7 Å². The van der Waals surface area contributed by atoms with Crippen molar-refractivity contribution in [3.05, 3.63) is 34.4 Å². The average Bonchev–Trinajstić information content (AvgIpc) is 2.66. The van der Waals surface area contributed by atoms with E-state index in [1.807, 2.05) is 32.9 Å². The molecule has 2 rings (SSSR count). The minimum Gasteiger partial charge on any atom is -0.262 e. The van der Waals surface area contributed by atoms with Gasteiger partial charge in [0.05, 0.1) is 5.52 Å². The van der Waals surface area contributed by atoms with Crippen molar-refractivity contribution < 1.29 is 4.79 Å². The van der Waals surface area contributed by atoms with Gasteiger partial charge in [-0.25, -0.2) is 0 Å². The van der Waals surface area contributed by atoms with Crippen molar-refractivity contribution in [2.24, 2.45) is 5.18 Å². The maximum atomic E-state index is 11.4. The first kappa shape index (κ1) is 11.4. The molecule has 0 spiro atoms. The lowest BCUT2D eigenvalue weighted by atomic mass is 10.1. The number of aromatic nitrogens is 2. The third-order valence-corrected chi connectivity index (χ3v) is 2.64. The van der Waals surface area contributed by atoms with Gasteiger partial charge in [-0.3, -0.25) is 9.48 Å². The van der Waals surface area contributed by atoms with E-state index >= 15 is 0 Å². The topological polar surface area (TPSA) is 64.3 Å². The van der Waals surface area contributed by atoms with Crippen LogP contribution >= 0.6 is 0 Å². The first-order chi connectivity index (χ1) is 8.04. The summed E-state index contributed by atoms with van der Waals surface area (Å²) in [7, 11) is 0. The first-order valence-corrected chi connectivity index (χ1v) is 5.41. The van der Waals surface area contributed by atoms with Crippen LogP contribution in [0.15, 0.2) is 23.4 Å². The van der Waals surface area contributed by atoms with E-state index in [1.165, 1.54) is 0 Å². The average molecular weight is 231 g/mol. The Kier molecular flexibility index (Phi) is 2.75. The fraction of sp³-hybridized carbons (Fsp3) is 0.333. The van der Waals surface area contributed by atoms with Crippen molar-refractivity contribution in [3.63, 3.8) is 0 Å². The molecule has 0 N–H and O–H groups in total. The van der Waals surface area contributed by atoms with E-state index in [1.54, 1.807) is 10.7 Å². The van der Waals surface area contributed by atoms with Gasteiger partial charge in [0.15, 0.2) is 5.69 Å². The first-order valence-electron chi connectivity index (χ1n) is 5.41. The Morgan fingerprint density at radius 3 is 2.71 bits per heavy atom. The predicted molar refractivity (Wildman–Crippen MR) is 65.0 cm³/mol. The second-order valence-corrected chi connectivity index (χ2v) is 4.30. The van der Waals surface area contributed by atoms with E-state index in [0.717, 1.165) is 11.1 Å². The van der Waals surface area contributed by atoms with E-state index in [0.29, 0.717) is 5.39 Å². The van der Waals surface area contributed by atoms with Crippen LogP contribution in [0.4, 0.5) is 0 Å². The van der Waals surface area contributed by atoms with Gasteiger partial charge in [0, 0.05) is 16.6 Å². The van der Waals surface area contributed by atoms with Gasteiger partial charge >= 0.3 is 5.91 Å². The number of rotatable bonds is 2. The fourth-order valence-electron chi connectivity index (χ4n) is 1.84. The van der Waals surface area contributed by atoms with Crippen molar-refractivity contribution >= 4 is 16.8 Å². The predicted octanol–water partition coefficient (Wildman–Crippen LogP) is 2.83. The maximum Gasteiger partial charge on any atom is 0.337 e. The number of hydrogen-bond acceptors (Lipinski definition) is 3. The van der Waals surface area contributed by atoms with Crippen molar-refractivity contribution in [1.29, 1.82) is 0 Å². The standard InChI is InChI=1S/C12H13N3O2/c1-7(2)15-10-6-8(3)4-5-9(10)11(13-15)12(16)14-17/h4-7H,1-3H3. The SMILES string of the molecule is Cc1ccc2c(C(=O)N=O)nn(C(C)C)c2c1. The molecule has 0 atom stereocenters. The van der Waals surface area contributed by atoms with Gasteiger partial charge in [-0.1, -0.05) is 12.1 Å². The van der Waals surface area contributed by atoms with Gasteiger partial charge in [0.25, 0.3) is 0 Å². The Labute approximate surface area is 98.4 Å². The van der Waals surface area contributed by atoms with Gasteiger partial charge in [0.1, 0.15) is 0 Å². The van der Waals surface area contributed by atoms with Crippen LogP contribution in [0.1, 0.15) is 35.9 Å². The minimum absolute atomic E-state index is 0.118. The monoisotopic (exact) mass is 231 g/mol. The Balaban J connectivity index is 2.79. The highest BCUT2D eigenvalue weighted by Crippen LogP contribution is 2.23. The lowest BCUT2D eigenvalue weighted by molar-refractivity contribution is 0.0996. The van der Waals surface area contributed by atoms with Crippen LogP contribution in [0.5, 0.6) is 0 Å². The molecule has 0 aliphatic carbocycles. The van der Waals surface area contributed by atoms with Crippen LogP contribution in [0.2, 0.25) is 0 Å². The summed E-state index contributed by atoms with van der Waals surface area (Å²) in [5.74, 6) is -0.821. The van der Waals surface area contributed by atoms with Crippen LogP contribution in [0, 0.1) is 11.8 Å². The van der Waals surface area contributed by atoms with E-state index in [2.05, 4.69) is 10.3 Å². The molecule has 0 fully saturated rings. The van der Waals surface area contributed by atoms with Crippen molar-refractivity contribution in [2.45, 2.75) is 26.8 Å². The Bertz CT molecular complexity index is 599. The van der Waals surface area contributed by atoms with Crippen molar-refractivity contribution in [1.82, 2.24) is 9.78 Å². The van der Waals surface area contributed by atoms with Gasteiger partial charge in [0.2, 0.25) is 0 Å². The number of nitroso groups, excluding NO2 is 1. The number of aryl methyl sites for hydroxylation is 1. The van der Waals surface area contributed by atoms with E-state index < -0.39 is 5.91 Å².